The second kappa shape index (κ2) is 6.44. The lowest BCUT2D eigenvalue weighted by Gasteiger charge is -2.18. The summed E-state index contributed by atoms with van der Waals surface area (Å²) in [6, 6.07) is 7.32. The molecule has 1 heterocycles. The Hall–Kier alpha value is -1.61. The van der Waals surface area contributed by atoms with Crippen molar-refractivity contribution < 1.29 is 9.53 Å². The number of ether oxygens (including phenoxy) is 1. The highest BCUT2D eigenvalue weighted by molar-refractivity contribution is 6.35. The largest absolute Gasteiger partial charge is 0.488 e. The third-order valence-electron chi connectivity index (χ3n) is 3.99. The van der Waals surface area contributed by atoms with E-state index in [0.717, 1.165) is 24.0 Å². The predicted molar refractivity (Wildman–Crippen MR) is 84.3 cm³/mol. The molecular formula is C17H18ClNO2. The van der Waals surface area contributed by atoms with E-state index in [1.165, 1.54) is 25.7 Å². The van der Waals surface area contributed by atoms with Gasteiger partial charge in [-0.3, -0.25) is 4.79 Å². The average molecular weight is 304 g/mol. The maximum absolute atomic E-state index is 11.0. The second-order valence-corrected chi connectivity index (χ2v) is 5.94. The summed E-state index contributed by atoms with van der Waals surface area (Å²) in [4.78, 5) is 15.4. The number of para-hydroxylation sites is 1. The number of hydrogen-bond donors (Lipinski definition) is 0. The highest BCUT2D eigenvalue weighted by atomic mass is 35.5. The third-order valence-corrected chi connectivity index (χ3v) is 4.30. The normalized spacial score (nSPS) is 16.6. The smallest absolute Gasteiger partial charge is 0.168 e. The Morgan fingerprint density at radius 3 is 2.67 bits per heavy atom. The Morgan fingerprint density at radius 2 is 1.95 bits per heavy atom. The number of carbonyl (C=O) groups excluding carboxylic acids is 1. The van der Waals surface area contributed by atoms with Crippen molar-refractivity contribution in [2.45, 2.75) is 44.6 Å². The van der Waals surface area contributed by atoms with Crippen molar-refractivity contribution in [2.75, 3.05) is 0 Å². The average Bonchev–Trinajstić information content (AvgIpc) is 2.76. The molecule has 1 saturated carbocycles. The molecule has 0 radical (unpaired) electrons. The Kier molecular flexibility index (Phi) is 4.39. The summed E-state index contributed by atoms with van der Waals surface area (Å²) in [6.07, 6.45) is 8.11. The fourth-order valence-corrected chi connectivity index (χ4v) is 3.16. The van der Waals surface area contributed by atoms with Crippen LogP contribution < -0.4 is 4.74 Å². The summed E-state index contributed by atoms with van der Waals surface area (Å²) >= 11 is 6.23. The molecule has 0 saturated heterocycles. The zero-order valence-electron chi connectivity index (χ0n) is 11.8. The first-order valence-electron chi connectivity index (χ1n) is 7.49. The first-order chi connectivity index (χ1) is 10.3. The van der Waals surface area contributed by atoms with Crippen LogP contribution in [0.5, 0.6) is 5.75 Å². The molecule has 1 aromatic heterocycles. The fourth-order valence-electron chi connectivity index (χ4n) is 2.89. The molecule has 2 aromatic rings. The molecule has 4 heteroatoms. The molecule has 0 bridgehead atoms. The topological polar surface area (TPSA) is 39.2 Å². The summed E-state index contributed by atoms with van der Waals surface area (Å²) in [5, 5.41) is 1.36. The van der Waals surface area contributed by atoms with Crippen molar-refractivity contribution in [3.05, 3.63) is 35.0 Å². The Morgan fingerprint density at radius 1 is 1.19 bits per heavy atom. The Labute approximate surface area is 129 Å². The number of fused-ring (bicyclic) bond motifs is 1. The second-order valence-electron chi connectivity index (χ2n) is 5.53. The summed E-state index contributed by atoms with van der Waals surface area (Å²) in [6.45, 7) is 0. The van der Waals surface area contributed by atoms with Crippen LogP contribution >= 0.6 is 11.6 Å². The van der Waals surface area contributed by atoms with Crippen LogP contribution in [0.1, 0.15) is 49.0 Å². The number of hydrogen-bond acceptors (Lipinski definition) is 3. The lowest BCUT2D eigenvalue weighted by molar-refractivity contribution is 0.111. The zero-order valence-corrected chi connectivity index (χ0v) is 12.6. The number of nitrogens with zero attached hydrogens (tertiary/aromatic N) is 1. The quantitative estimate of drug-likeness (QED) is 0.604. The number of aldehydes is 1. The van der Waals surface area contributed by atoms with Crippen molar-refractivity contribution in [3.63, 3.8) is 0 Å². The van der Waals surface area contributed by atoms with Crippen LogP contribution in [0.25, 0.3) is 10.9 Å². The first-order valence-corrected chi connectivity index (χ1v) is 7.87. The molecule has 0 atom stereocenters. The van der Waals surface area contributed by atoms with Crippen LogP contribution in [-0.2, 0) is 0 Å². The third kappa shape index (κ3) is 3.18. The number of rotatable bonds is 3. The standard InChI is InChI=1S/C17H18ClNO2/c18-15-10-12(11-20)19-17-14(15)8-5-9-16(17)21-13-6-3-1-2-4-7-13/h5,8-11,13H,1-4,6-7H2. The minimum Gasteiger partial charge on any atom is -0.488 e. The predicted octanol–water partition coefficient (Wildman–Crippen LogP) is 4.80. The maximum atomic E-state index is 11.0. The van der Waals surface area contributed by atoms with Crippen LogP contribution in [0.3, 0.4) is 0 Å². The van der Waals surface area contributed by atoms with Gasteiger partial charge in [-0.25, -0.2) is 4.98 Å². The van der Waals surface area contributed by atoms with Crippen molar-refractivity contribution in [2.24, 2.45) is 0 Å². The highest BCUT2D eigenvalue weighted by Gasteiger charge is 2.16. The number of aromatic nitrogens is 1. The van der Waals surface area contributed by atoms with Gasteiger partial charge in [-0.2, -0.15) is 0 Å². The highest BCUT2D eigenvalue weighted by Crippen LogP contribution is 2.31. The van der Waals surface area contributed by atoms with Gasteiger partial charge in [-0.05, 0) is 37.8 Å². The maximum Gasteiger partial charge on any atom is 0.168 e. The summed E-state index contributed by atoms with van der Waals surface area (Å²) in [7, 11) is 0. The summed E-state index contributed by atoms with van der Waals surface area (Å²) in [5.41, 5.74) is 1.01. The van der Waals surface area contributed by atoms with Gasteiger partial charge in [0, 0.05) is 5.39 Å². The number of benzene rings is 1. The van der Waals surface area contributed by atoms with E-state index in [1.807, 2.05) is 18.2 Å². The Balaban J connectivity index is 1.97. The molecule has 0 unspecified atom stereocenters. The van der Waals surface area contributed by atoms with Crippen LogP contribution in [0, 0.1) is 0 Å². The van der Waals surface area contributed by atoms with Gasteiger partial charge in [0.25, 0.3) is 0 Å². The number of carbonyl (C=O) groups is 1. The van der Waals surface area contributed by atoms with E-state index < -0.39 is 0 Å². The molecule has 0 amide bonds. The summed E-state index contributed by atoms with van der Waals surface area (Å²) in [5.74, 6) is 0.727. The number of pyridine rings is 1. The van der Waals surface area contributed by atoms with Crippen LogP contribution in [-0.4, -0.2) is 17.4 Å². The molecule has 0 spiro atoms. The van der Waals surface area contributed by atoms with Gasteiger partial charge in [0.15, 0.2) is 6.29 Å². The summed E-state index contributed by atoms with van der Waals surface area (Å²) < 4.78 is 6.17. The van der Waals surface area contributed by atoms with Gasteiger partial charge in [0.2, 0.25) is 0 Å². The van der Waals surface area contributed by atoms with Crippen LogP contribution in [0.2, 0.25) is 5.02 Å². The van der Waals surface area contributed by atoms with E-state index in [2.05, 4.69) is 4.98 Å². The van der Waals surface area contributed by atoms with Crippen molar-refractivity contribution in [1.29, 1.82) is 0 Å². The van der Waals surface area contributed by atoms with E-state index >= 15 is 0 Å². The molecule has 110 valence electrons. The molecule has 1 fully saturated rings. The van der Waals surface area contributed by atoms with Crippen molar-refractivity contribution in [1.82, 2.24) is 4.98 Å². The molecule has 1 aliphatic rings. The van der Waals surface area contributed by atoms with E-state index in [4.69, 9.17) is 16.3 Å². The molecule has 21 heavy (non-hydrogen) atoms. The van der Waals surface area contributed by atoms with Crippen molar-refractivity contribution in [3.8, 4) is 5.75 Å². The van der Waals surface area contributed by atoms with Gasteiger partial charge >= 0.3 is 0 Å². The SMILES string of the molecule is O=Cc1cc(Cl)c2cccc(OC3CCCCCC3)c2n1. The molecule has 0 N–H and O–H groups in total. The van der Waals surface area contributed by atoms with Gasteiger partial charge < -0.3 is 4.74 Å². The minimum absolute atomic E-state index is 0.235. The molecule has 0 aliphatic heterocycles. The van der Waals surface area contributed by atoms with E-state index in [-0.39, 0.29) is 6.10 Å². The lowest BCUT2D eigenvalue weighted by atomic mass is 10.1. The Bertz CT molecular complexity index is 649. The van der Waals surface area contributed by atoms with Gasteiger partial charge in [-0.1, -0.05) is 36.6 Å². The van der Waals surface area contributed by atoms with E-state index in [9.17, 15) is 4.79 Å². The molecule has 1 aromatic carbocycles. The zero-order chi connectivity index (χ0) is 14.7. The fraction of sp³-hybridized carbons (Fsp3) is 0.412. The monoisotopic (exact) mass is 303 g/mol. The van der Waals surface area contributed by atoms with E-state index in [1.54, 1.807) is 6.07 Å². The first kappa shape index (κ1) is 14.3. The van der Waals surface area contributed by atoms with Crippen molar-refractivity contribution >= 4 is 28.8 Å². The van der Waals surface area contributed by atoms with Gasteiger partial charge in [-0.15, -0.1) is 0 Å². The van der Waals surface area contributed by atoms with Gasteiger partial charge in [0.05, 0.1) is 11.1 Å². The molecular weight excluding hydrogens is 286 g/mol. The van der Waals surface area contributed by atoms with Gasteiger partial charge in [0.1, 0.15) is 17.0 Å². The minimum atomic E-state index is 0.235. The molecule has 1 aliphatic carbocycles. The number of halogens is 1. The lowest BCUT2D eigenvalue weighted by Crippen LogP contribution is -2.15. The van der Waals surface area contributed by atoms with E-state index in [0.29, 0.717) is 22.5 Å². The van der Waals surface area contributed by atoms with Crippen LogP contribution in [0.15, 0.2) is 24.3 Å². The molecule has 3 rings (SSSR count). The van der Waals surface area contributed by atoms with Crippen LogP contribution in [0.4, 0.5) is 0 Å². The molecule has 3 nitrogen and oxygen atoms in total.